The third-order valence-electron chi connectivity index (χ3n) is 8.16. The van der Waals surface area contributed by atoms with Gasteiger partial charge in [-0.2, -0.15) is 0 Å². The van der Waals surface area contributed by atoms with Crippen molar-refractivity contribution < 1.29 is 9.59 Å². The predicted octanol–water partition coefficient (Wildman–Crippen LogP) is 8.28. The van der Waals surface area contributed by atoms with Crippen molar-refractivity contribution in [1.29, 1.82) is 0 Å². The van der Waals surface area contributed by atoms with E-state index in [-0.39, 0.29) is 23.7 Å². The molecule has 0 aliphatic heterocycles. The number of amides is 2. The van der Waals surface area contributed by atoms with E-state index in [1.807, 2.05) is 82.6 Å². The first kappa shape index (κ1) is 30.8. The van der Waals surface area contributed by atoms with Gasteiger partial charge < -0.3 is 9.80 Å². The summed E-state index contributed by atoms with van der Waals surface area (Å²) < 4.78 is 0. The molecule has 0 bridgehead atoms. The molecule has 0 aliphatic rings. The highest BCUT2D eigenvalue weighted by atomic mass is 16.2. The minimum absolute atomic E-state index is 0.135. The Hall–Kier alpha value is -4.18. The molecule has 4 rings (SSSR count). The second-order valence-corrected chi connectivity index (χ2v) is 11.2. The molecule has 2 atom stereocenters. The van der Waals surface area contributed by atoms with E-state index in [1.165, 1.54) is 0 Å². The highest BCUT2D eigenvalue weighted by Crippen LogP contribution is 2.29. The van der Waals surface area contributed by atoms with Crippen LogP contribution in [0.5, 0.6) is 0 Å². The zero-order chi connectivity index (χ0) is 29.6. The quantitative estimate of drug-likeness (QED) is 0.147. The maximum Gasteiger partial charge on any atom is 0.223 e. The molecule has 2 amide bonds. The summed E-state index contributed by atoms with van der Waals surface area (Å²) in [6.45, 7) is 6.58. The Morgan fingerprint density at radius 2 is 0.690 bits per heavy atom. The molecule has 42 heavy (non-hydrogen) atoms. The van der Waals surface area contributed by atoms with Gasteiger partial charge in [-0.15, -0.1) is 0 Å². The first-order valence-corrected chi connectivity index (χ1v) is 15.3. The minimum atomic E-state index is 0.135. The summed E-state index contributed by atoms with van der Waals surface area (Å²) in [4.78, 5) is 31.7. The van der Waals surface area contributed by atoms with Gasteiger partial charge in [0.2, 0.25) is 11.8 Å². The van der Waals surface area contributed by atoms with Crippen molar-refractivity contribution in [2.75, 3.05) is 0 Å². The Labute approximate surface area is 252 Å². The summed E-state index contributed by atoms with van der Waals surface area (Å²) in [5.41, 5.74) is 4.48. The van der Waals surface area contributed by atoms with Crippen molar-refractivity contribution in [1.82, 2.24) is 9.80 Å². The fourth-order valence-corrected chi connectivity index (χ4v) is 5.68. The summed E-state index contributed by atoms with van der Waals surface area (Å²) in [5, 5.41) is 0. The molecule has 0 saturated heterocycles. The van der Waals surface area contributed by atoms with Crippen LogP contribution in [-0.2, 0) is 35.8 Å². The lowest BCUT2D eigenvalue weighted by Gasteiger charge is -2.31. The van der Waals surface area contributed by atoms with Gasteiger partial charge in [0.15, 0.2) is 0 Å². The fourth-order valence-electron chi connectivity index (χ4n) is 5.68. The SMILES string of the molecule is CC[C@@H](CC(=O)N(Cc1ccccc1)Cc1ccccc1)[C@@H](CC)CC(=O)N(Cc1ccccc1)Cc1ccccc1. The van der Waals surface area contributed by atoms with E-state index in [0.717, 1.165) is 35.1 Å². The number of hydrogen-bond donors (Lipinski definition) is 0. The summed E-state index contributed by atoms with van der Waals surface area (Å²) in [6, 6.07) is 40.7. The van der Waals surface area contributed by atoms with Crippen molar-refractivity contribution in [3.05, 3.63) is 144 Å². The lowest BCUT2D eigenvalue weighted by Crippen LogP contribution is -2.35. The average molecular weight is 561 g/mol. The molecule has 4 aromatic rings. The van der Waals surface area contributed by atoms with E-state index in [0.29, 0.717) is 39.0 Å². The number of carbonyl (C=O) groups is 2. The molecule has 4 nitrogen and oxygen atoms in total. The van der Waals surface area contributed by atoms with Crippen LogP contribution in [-0.4, -0.2) is 21.6 Å². The molecule has 4 aromatic carbocycles. The van der Waals surface area contributed by atoms with Crippen molar-refractivity contribution in [3.63, 3.8) is 0 Å². The van der Waals surface area contributed by atoms with Crippen molar-refractivity contribution >= 4 is 11.8 Å². The average Bonchev–Trinajstić information content (AvgIpc) is 3.04. The molecule has 218 valence electrons. The Balaban J connectivity index is 1.47. The predicted molar refractivity (Wildman–Crippen MR) is 171 cm³/mol. The first-order valence-electron chi connectivity index (χ1n) is 15.3. The van der Waals surface area contributed by atoms with E-state index in [9.17, 15) is 9.59 Å². The molecule has 0 N–H and O–H groups in total. The standard InChI is InChI=1S/C38H44N2O2/c1-3-35(25-37(41)39(27-31-17-9-5-10-18-31)28-32-19-11-6-12-20-32)36(4-2)26-38(42)40(29-33-21-13-7-14-22-33)30-34-23-15-8-16-24-34/h5-24,35-36H,3-4,25-30H2,1-2H3/t35-,36-/m0/s1. The highest BCUT2D eigenvalue weighted by molar-refractivity contribution is 5.78. The summed E-state index contributed by atoms with van der Waals surface area (Å²) in [5.74, 6) is 0.559. The van der Waals surface area contributed by atoms with Crippen LogP contribution < -0.4 is 0 Å². The van der Waals surface area contributed by atoms with Crippen molar-refractivity contribution in [2.45, 2.75) is 65.7 Å². The van der Waals surface area contributed by atoms with Gasteiger partial charge in [-0.25, -0.2) is 0 Å². The summed E-state index contributed by atoms with van der Waals surface area (Å²) >= 11 is 0. The lowest BCUT2D eigenvalue weighted by molar-refractivity contribution is -0.137. The largest absolute Gasteiger partial charge is 0.334 e. The molecule has 0 spiro atoms. The smallest absolute Gasteiger partial charge is 0.223 e. The highest BCUT2D eigenvalue weighted by Gasteiger charge is 2.28. The summed E-state index contributed by atoms with van der Waals surface area (Å²) in [6.07, 6.45) is 2.61. The molecule has 0 unspecified atom stereocenters. The molecular weight excluding hydrogens is 516 g/mol. The molecule has 0 heterocycles. The Morgan fingerprint density at radius 1 is 0.452 bits per heavy atom. The zero-order valence-electron chi connectivity index (χ0n) is 25.1. The van der Waals surface area contributed by atoms with Gasteiger partial charge >= 0.3 is 0 Å². The number of hydrogen-bond acceptors (Lipinski definition) is 2. The van der Waals surface area contributed by atoms with Crippen LogP contribution in [0.15, 0.2) is 121 Å². The van der Waals surface area contributed by atoms with Crippen LogP contribution >= 0.6 is 0 Å². The zero-order valence-corrected chi connectivity index (χ0v) is 25.1. The Morgan fingerprint density at radius 3 is 0.905 bits per heavy atom. The van der Waals surface area contributed by atoms with Gasteiger partial charge in [0.25, 0.3) is 0 Å². The van der Waals surface area contributed by atoms with Gasteiger partial charge in [0.05, 0.1) is 0 Å². The molecule has 4 heteroatoms. The van der Waals surface area contributed by atoms with E-state index < -0.39 is 0 Å². The molecule has 0 fully saturated rings. The molecule has 0 saturated carbocycles. The van der Waals surface area contributed by atoms with Crippen LogP contribution in [0.4, 0.5) is 0 Å². The number of carbonyl (C=O) groups excluding carboxylic acids is 2. The van der Waals surface area contributed by atoms with Gasteiger partial charge in [-0.3, -0.25) is 9.59 Å². The molecule has 0 radical (unpaired) electrons. The molecular formula is C38H44N2O2. The topological polar surface area (TPSA) is 40.6 Å². The second kappa shape index (κ2) is 16.3. The van der Waals surface area contributed by atoms with Gasteiger partial charge in [-0.1, -0.05) is 148 Å². The lowest BCUT2D eigenvalue weighted by atomic mass is 9.82. The fraction of sp³-hybridized carbons (Fsp3) is 0.316. The molecule has 0 aromatic heterocycles. The third kappa shape index (κ3) is 9.44. The van der Waals surface area contributed by atoms with Gasteiger partial charge in [0.1, 0.15) is 0 Å². The summed E-state index contributed by atoms with van der Waals surface area (Å²) in [7, 11) is 0. The Bertz CT molecular complexity index is 1150. The van der Waals surface area contributed by atoms with Crippen LogP contribution in [0.2, 0.25) is 0 Å². The van der Waals surface area contributed by atoms with Gasteiger partial charge in [-0.05, 0) is 34.1 Å². The minimum Gasteiger partial charge on any atom is -0.334 e. The maximum atomic E-state index is 13.9. The third-order valence-corrected chi connectivity index (χ3v) is 8.16. The monoisotopic (exact) mass is 560 g/mol. The van der Waals surface area contributed by atoms with E-state index >= 15 is 0 Å². The maximum absolute atomic E-state index is 13.9. The number of nitrogens with zero attached hydrogens (tertiary/aromatic N) is 2. The van der Waals surface area contributed by atoms with Crippen molar-refractivity contribution in [2.24, 2.45) is 11.8 Å². The van der Waals surface area contributed by atoms with E-state index in [1.54, 1.807) is 0 Å². The number of rotatable bonds is 15. The van der Waals surface area contributed by atoms with Gasteiger partial charge in [0, 0.05) is 39.0 Å². The van der Waals surface area contributed by atoms with Crippen LogP contribution in [0.25, 0.3) is 0 Å². The second-order valence-electron chi connectivity index (χ2n) is 11.2. The number of benzene rings is 4. The van der Waals surface area contributed by atoms with Crippen LogP contribution in [0, 0.1) is 11.8 Å². The van der Waals surface area contributed by atoms with E-state index in [2.05, 4.69) is 62.4 Å². The first-order chi connectivity index (χ1) is 20.6. The Kier molecular flexibility index (Phi) is 11.9. The van der Waals surface area contributed by atoms with Crippen molar-refractivity contribution in [3.8, 4) is 0 Å². The van der Waals surface area contributed by atoms with Crippen LogP contribution in [0.3, 0.4) is 0 Å². The van der Waals surface area contributed by atoms with E-state index in [4.69, 9.17) is 0 Å². The van der Waals surface area contributed by atoms with Crippen LogP contribution in [0.1, 0.15) is 61.8 Å². The molecule has 0 aliphatic carbocycles. The normalized spacial score (nSPS) is 12.3.